The molecule has 7 nitrogen and oxygen atoms in total. The van der Waals surface area contributed by atoms with Crippen LogP contribution in [-0.4, -0.2) is 40.8 Å². The highest BCUT2D eigenvalue weighted by molar-refractivity contribution is 6.34. The molecule has 0 aromatic heterocycles. The van der Waals surface area contributed by atoms with Gasteiger partial charge in [0.25, 0.3) is 11.6 Å². The minimum absolute atomic E-state index is 0.0190. The number of hydrogen-bond donors (Lipinski definition) is 1. The molecular formula is C16H20ClN3O4. The Morgan fingerprint density at radius 1 is 1.33 bits per heavy atom. The van der Waals surface area contributed by atoms with Crippen molar-refractivity contribution in [2.24, 2.45) is 5.92 Å². The molecule has 2 rings (SSSR count). The van der Waals surface area contributed by atoms with Crippen molar-refractivity contribution in [2.45, 2.75) is 32.7 Å². The molecule has 0 unspecified atom stereocenters. The summed E-state index contributed by atoms with van der Waals surface area (Å²) in [6, 6.07) is 3.91. The zero-order valence-electron chi connectivity index (χ0n) is 13.6. The first-order chi connectivity index (χ1) is 11.3. The summed E-state index contributed by atoms with van der Waals surface area (Å²) in [6.45, 7) is 4.74. The van der Waals surface area contributed by atoms with Gasteiger partial charge in [-0.25, -0.2) is 0 Å². The molecular weight excluding hydrogens is 334 g/mol. The summed E-state index contributed by atoms with van der Waals surface area (Å²) in [5.41, 5.74) is 0.0907. The number of carbonyl (C=O) groups excluding carboxylic acids is 2. The van der Waals surface area contributed by atoms with Crippen molar-refractivity contribution in [2.75, 3.05) is 13.1 Å². The molecule has 1 aromatic rings. The molecule has 0 bridgehead atoms. The Labute approximate surface area is 145 Å². The predicted molar refractivity (Wildman–Crippen MR) is 90.0 cm³/mol. The minimum atomic E-state index is -0.557. The maximum Gasteiger partial charge on any atom is 0.270 e. The molecule has 0 saturated carbocycles. The zero-order chi connectivity index (χ0) is 17.9. The quantitative estimate of drug-likeness (QED) is 0.665. The fraction of sp³-hybridized carbons (Fsp3) is 0.500. The molecule has 0 radical (unpaired) electrons. The topological polar surface area (TPSA) is 92.6 Å². The van der Waals surface area contributed by atoms with Crippen molar-refractivity contribution >= 4 is 29.1 Å². The van der Waals surface area contributed by atoms with Crippen LogP contribution in [0.15, 0.2) is 18.2 Å². The summed E-state index contributed by atoms with van der Waals surface area (Å²) in [5.74, 6) is -0.341. The van der Waals surface area contributed by atoms with E-state index in [1.807, 2.05) is 13.8 Å². The van der Waals surface area contributed by atoms with Gasteiger partial charge in [0.15, 0.2) is 0 Å². The number of hydrogen-bond acceptors (Lipinski definition) is 4. The van der Waals surface area contributed by atoms with Crippen LogP contribution in [0.25, 0.3) is 0 Å². The lowest BCUT2D eigenvalue weighted by Gasteiger charge is -2.32. The van der Waals surface area contributed by atoms with Crippen molar-refractivity contribution in [3.63, 3.8) is 0 Å². The molecule has 24 heavy (non-hydrogen) atoms. The standard InChI is InChI=1S/C16H20ClN3O4/c1-10(2)18-15(21)11-5-7-19(8-6-11)16(22)13-4-3-12(20(23)24)9-14(13)17/h3-4,9-11H,5-8H2,1-2H3,(H,18,21). The third kappa shape index (κ3) is 4.23. The van der Waals surface area contributed by atoms with Crippen LogP contribution in [0.4, 0.5) is 5.69 Å². The first-order valence-corrected chi connectivity index (χ1v) is 8.21. The van der Waals surface area contributed by atoms with E-state index in [9.17, 15) is 19.7 Å². The molecule has 1 aliphatic rings. The van der Waals surface area contributed by atoms with Gasteiger partial charge in [-0.3, -0.25) is 19.7 Å². The van der Waals surface area contributed by atoms with Gasteiger partial charge >= 0.3 is 0 Å². The molecule has 2 amide bonds. The van der Waals surface area contributed by atoms with Crippen LogP contribution in [-0.2, 0) is 4.79 Å². The Kier molecular flexibility index (Phi) is 5.77. The van der Waals surface area contributed by atoms with Gasteiger partial charge in [0.2, 0.25) is 5.91 Å². The largest absolute Gasteiger partial charge is 0.354 e. The number of amides is 2. The van der Waals surface area contributed by atoms with Gasteiger partial charge in [0.1, 0.15) is 0 Å². The van der Waals surface area contributed by atoms with Gasteiger partial charge < -0.3 is 10.2 Å². The normalized spacial score (nSPS) is 15.4. The third-order valence-electron chi connectivity index (χ3n) is 3.98. The van der Waals surface area contributed by atoms with Crippen molar-refractivity contribution in [1.29, 1.82) is 0 Å². The molecule has 1 N–H and O–H groups in total. The molecule has 130 valence electrons. The van der Waals surface area contributed by atoms with Crippen molar-refractivity contribution < 1.29 is 14.5 Å². The highest BCUT2D eigenvalue weighted by atomic mass is 35.5. The summed E-state index contributed by atoms with van der Waals surface area (Å²) in [6.07, 6.45) is 1.18. The van der Waals surface area contributed by atoms with E-state index in [2.05, 4.69) is 5.32 Å². The van der Waals surface area contributed by atoms with E-state index >= 15 is 0 Å². The second kappa shape index (κ2) is 7.61. The lowest BCUT2D eigenvalue weighted by atomic mass is 9.95. The van der Waals surface area contributed by atoms with Crippen LogP contribution in [0.3, 0.4) is 0 Å². The van der Waals surface area contributed by atoms with E-state index in [0.29, 0.717) is 25.9 Å². The number of carbonyl (C=O) groups is 2. The van der Waals surface area contributed by atoms with Gasteiger partial charge in [-0.1, -0.05) is 11.6 Å². The monoisotopic (exact) mass is 353 g/mol. The van der Waals surface area contributed by atoms with Gasteiger partial charge in [-0.2, -0.15) is 0 Å². The van der Waals surface area contributed by atoms with Gasteiger partial charge in [0.05, 0.1) is 15.5 Å². The SMILES string of the molecule is CC(C)NC(=O)C1CCN(C(=O)c2ccc([N+](=O)[O-])cc2Cl)CC1. The summed E-state index contributed by atoms with van der Waals surface area (Å²) < 4.78 is 0. The predicted octanol–water partition coefficient (Wildman–Crippen LogP) is 2.63. The highest BCUT2D eigenvalue weighted by Gasteiger charge is 2.29. The van der Waals surface area contributed by atoms with E-state index in [0.717, 1.165) is 0 Å². The summed E-state index contributed by atoms with van der Waals surface area (Å²) in [7, 11) is 0. The molecule has 1 saturated heterocycles. The number of halogens is 1. The number of nitrogens with one attached hydrogen (secondary N) is 1. The summed E-state index contributed by atoms with van der Waals surface area (Å²) in [5, 5.41) is 13.7. The van der Waals surface area contributed by atoms with Crippen LogP contribution in [0.5, 0.6) is 0 Å². The Bertz CT molecular complexity index is 655. The van der Waals surface area contributed by atoms with E-state index in [4.69, 9.17) is 11.6 Å². The average Bonchev–Trinajstić information content (AvgIpc) is 2.53. The van der Waals surface area contributed by atoms with Crippen LogP contribution in [0.1, 0.15) is 37.0 Å². The van der Waals surface area contributed by atoms with Gasteiger partial charge in [-0.15, -0.1) is 0 Å². The van der Waals surface area contributed by atoms with Crippen LogP contribution in [0.2, 0.25) is 5.02 Å². The second-order valence-electron chi connectivity index (χ2n) is 6.15. The van der Waals surface area contributed by atoms with Gasteiger partial charge in [-0.05, 0) is 32.8 Å². The summed E-state index contributed by atoms with van der Waals surface area (Å²) >= 11 is 6.01. The number of non-ortho nitro benzene ring substituents is 1. The van der Waals surface area contributed by atoms with E-state index in [1.165, 1.54) is 18.2 Å². The molecule has 0 aliphatic carbocycles. The average molecular weight is 354 g/mol. The molecule has 0 atom stereocenters. The van der Waals surface area contributed by atoms with Crippen molar-refractivity contribution in [3.8, 4) is 0 Å². The Balaban J connectivity index is 2.00. The number of nitrogens with zero attached hydrogens (tertiary/aromatic N) is 2. The first-order valence-electron chi connectivity index (χ1n) is 7.83. The number of benzene rings is 1. The van der Waals surface area contributed by atoms with Crippen LogP contribution in [0, 0.1) is 16.0 Å². The summed E-state index contributed by atoms with van der Waals surface area (Å²) in [4.78, 5) is 36.3. The highest BCUT2D eigenvalue weighted by Crippen LogP contribution is 2.26. The zero-order valence-corrected chi connectivity index (χ0v) is 14.4. The number of nitro groups is 1. The van der Waals surface area contributed by atoms with Crippen molar-refractivity contribution in [1.82, 2.24) is 10.2 Å². The fourth-order valence-electron chi connectivity index (χ4n) is 2.71. The minimum Gasteiger partial charge on any atom is -0.354 e. The molecule has 1 heterocycles. The number of likely N-dealkylation sites (tertiary alicyclic amines) is 1. The number of rotatable bonds is 4. The van der Waals surface area contributed by atoms with Crippen LogP contribution >= 0.6 is 11.6 Å². The molecule has 1 fully saturated rings. The number of nitro benzene ring substituents is 1. The van der Waals surface area contributed by atoms with Crippen LogP contribution < -0.4 is 5.32 Å². The lowest BCUT2D eigenvalue weighted by molar-refractivity contribution is -0.384. The van der Waals surface area contributed by atoms with E-state index in [-0.39, 0.29) is 40.0 Å². The maximum atomic E-state index is 12.5. The maximum absolute atomic E-state index is 12.5. The van der Waals surface area contributed by atoms with Crippen molar-refractivity contribution in [3.05, 3.63) is 38.9 Å². The van der Waals surface area contributed by atoms with E-state index in [1.54, 1.807) is 4.90 Å². The molecule has 8 heteroatoms. The number of piperidine rings is 1. The van der Waals surface area contributed by atoms with Gasteiger partial charge in [0, 0.05) is 37.2 Å². The molecule has 1 aliphatic heterocycles. The smallest absolute Gasteiger partial charge is 0.270 e. The second-order valence-corrected chi connectivity index (χ2v) is 6.56. The Morgan fingerprint density at radius 2 is 1.96 bits per heavy atom. The van der Waals surface area contributed by atoms with E-state index < -0.39 is 4.92 Å². The first kappa shape index (κ1) is 18.2. The fourth-order valence-corrected chi connectivity index (χ4v) is 2.96. The molecule has 0 spiro atoms. The Morgan fingerprint density at radius 3 is 2.46 bits per heavy atom. The molecule has 1 aromatic carbocycles. The lowest BCUT2D eigenvalue weighted by Crippen LogP contribution is -2.44. The third-order valence-corrected chi connectivity index (χ3v) is 4.29. The Hall–Kier alpha value is -2.15.